The standard InChI is InChI=1S/C10H13FOS/c1-7(12)5-8-3-4-10(13-2)9(11)6-8/h3-4,6-7,12H,5H2,1-2H3. The Bertz CT molecular complexity index is 286. The van der Waals surface area contributed by atoms with E-state index in [1.54, 1.807) is 13.0 Å². The van der Waals surface area contributed by atoms with Crippen molar-refractivity contribution in [2.45, 2.75) is 24.3 Å². The number of thioether (sulfide) groups is 1. The van der Waals surface area contributed by atoms with Crippen molar-refractivity contribution < 1.29 is 9.50 Å². The molecule has 0 aliphatic rings. The third-order valence-electron chi connectivity index (χ3n) is 1.75. The van der Waals surface area contributed by atoms with E-state index >= 15 is 0 Å². The minimum Gasteiger partial charge on any atom is -0.393 e. The van der Waals surface area contributed by atoms with Gasteiger partial charge < -0.3 is 5.11 Å². The van der Waals surface area contributed by atoms with E-state index in [-0.39, 0.29) is 5.82 Å². The molecular formula is C10H13FOS. The Kier molecular flexibility index (Phi) is 3.75. The predicted molar refractivity (Wildman–Crippen MR) is 53.6 cm³/mol. The lowest BCUT2D eigenvalue weighted by Gasteiger charge is -2.05. The van der Waals surface area contributed by atoms with Gasteiger partial charge in [-0.1, -0.05) is 6.07 Å². The molecule has 0 bridgehead atoms. The van der Waals surface area contributed by atoms with E-state index in [1.807, 2.05) is 12.3 Å². The second-order valence-electron chi connectivity index (χ2n) is 3.02. The van der Waals surface area contributed by atoms with E-state index < -0.39 is 6.10 Å². The first-order chi connectivity index (χ1) is 6.13. The molecule has 1 unspecified atom stereocenters. The lowest BCUT2D eigenvalue weighted by atomic mass is 10.1. The van der Waals surface area contributed by atoms with Crippen molar-refractivity contribution >= 4 is 11.8 Å². The molecule has 1 nitrogen and oxygen atoms in total. The lowest BCUT2D eigenvalue weighted by molar-refractivity contribution is 0.195. The molecule has 1 aromatic rings. The minimum absolute atomic E-state index is 0.203. The highest BCUT2D eigenvalue weighted by Gasteiger charge is 2.04. The average Bonchev–Trinajstić information content (AvgIpc) is 2.03. The summed E-state index contributed by atoms with van der Waals surface area (Å²) in [6.07, 6.45) is 1.93. The Morgan fingerprint density at radius 3 is 2.69 bits per heavy atom. The Morgan fingerprint density at radius 1 is 1.54 bits per heavy atom. The van der Waals surface area contributed by atoms with Crippen molar-refractivity contribution in [1.82, 2.24) is 0 Å². The van der Waals surface area contributed by atoms with Crippen LogP contribution in [0.4, 0.5) is 4.39 Å². The summed E-state index contributed by atoms with van der Waals surface area (Å²) in [6.45, 7) is 1.69. The number of hydrogen-bond acceptors (Lipinski definition) is 2. The minimum atomic E-state index is -0.417. The zero-order valence-electron chi connectivity index (χ0n) is 7.75. The summed E-state index contributed by atoms with van der Waals surface area (Å²) >= 11 is 1.39. The summed E-state index contributed by atoms with van der Waals surface area (Å²) in [5.41, 5.74) is 0.838. The normalized spacial score (nSPS) is 12.9. The van der Waals surface area contributed by atoms with Crippen LogP contribution < -0.4 is 0 Å². The maximum atomic E-state index is 13.2. The first kappa shape index (κ1) is 10.5. The average molecular weight is 200 g/mol. The van der Waals surface area contributed by atoms with Crippen LogP contribution in [-0.4, -0.2) is 17.5 Å². The fraction of sp³-hybridized carbons (Fsp3) is 0.400. The van der Waals surface area contributed by atoms with E-state index in [0.717, 1.165) is 5.56 Å². The Balaban J connectivity index is 2.83. The molecule has 0 radical (unpaired) electrons. The van der Waals surface area contributed by atoms with Gasteiger partial charge in [0.25, 0.3) is 0 Å². The SMILES string of the molecule is CSc1ccc(CC(C)O)cc1F. The zero-order valence-corrected chi connectivity index (χ0v) is 8.57. The molecule has 0 saturated carbocycles. The lowest BCUT2D eigenvalue weighted by Crippen LogP contribution is -2.04. The van der Waals surface area contributed by atoms with Crippen LogP contribution in [0, 0.1) is 5.82 Å². The van der Waals surface area contributed by atoms with E-state index in [4.69, 9.17) is 5.11 Å². The molecule has 0 aliphatic carbocycles. The zero-order chi connectivity index (χ0) is 9.84. The molecular weight excluding hydrogens is 187 g/mol. The van der Waals surface area contributed by atoms with Crippen molar-refractivity contribution in [3.63, 3.8) is 0 Å². The van der Waals surface area contributed by atoms with Crippen LogP contribution in [0.5, 0.6) is 0 Å². The second-order valence-corrected chi connectivity index (χ2v) is 3.87. The van der Waals surface area contributed by atoms with Gasteiger partial charge in [0.15, 0.2) is 0 Å². The molecule has 0 spiro atoms. The van der Waals surface area contributed by atoms with Crippen molar-refractivity contribution in [3.05, 3.63) is 29.6 Å². The Morgan fingerprint density at radius 2 is 2.23 bits per heavy atom. The molecule has 0 saturated heterocycles. The van der Waals surface area contributed by atoms with Crippen molar-refractivity contribution in [1.29, 1.82) is 0 Å². The molecule has 1 rings (SSSR count). The van der Waals surface area contributed by atoms with Gasteiger partial charge in [-0.05, 0) is 37.3 Å². The quantitative estimate of drug-likeness (QED) is 0.756. The first-order valence-electron chi connectivity index (χ1n) is 4.14. The smallest absolute Gasteiger partial charge is 0.137 e. The third-order valence-corrected chi connectivity index (χ3v) is 2.52. The first-order valence-corrected chi connectivity index (χ1v) is 5.36. The summed E-state index contributed by atoms with van der Waals surface area (Å²) in [4.78, 5) is 0.648. The van der Waals surface area contributed by atoms with E-state index in [0.29, 0.717) is 11.3 Å². The molecule has 0 aliphatic heterocycles. The number of benzene rings is 1. The largest absolute Gasteiger partial charge is 0.393 e. The van der Waals surface area contributed by atoms with Crippen LogP contribution in [0.1, 0.15) is 12.5 Å². The third kappa shape index (κ3) is 3.01. The van der Waals surface area contributed by atoms with Gasteiger partial charge in [0, 0.05) is 4.90 Å². The van der Waals surface area contributed by atoms with Crippen LogP contribution in [-0.2, 0) is 6.42 Å². The summed E-state index contributed by atoms with van der Waals surface area (Å²) in [6, 6.07) is 5.08. The molecule has 1 atom stereocenters. The Labute approximate surface area is 82.0 Å². The highest BCUT2D eigenvalue weighted by Crippen LogP contribution is 2.20. The number of aliphatic hydroxyl groups excluding tert-OH is 1. The van der Waals surface area contributed by atoms with E-state index in [1.165, 1.54) is 17.8 Å². The number of hydrogen-bond donors (Lipinski definition) is 1. The maximum absolute atomic E-state index is 13.2. The van der Waals surface area contributed by atoms with Crippen molar-refractivity contribution in [3.8, 4) is 0 Å². The maximum Gasteiger partial charge on any atom is 0.137 e. The summed E-state index contributed by atoms with van der Waals surface area (Å²) < 4.78 is 13.2. The van der Waals surface area contributed by atoms with Crippen LogP contribution in [0.2, 0.25) is 0 Å². The molecule has 0 heterocycles. The predicted octanol–water partition coefficient (Wildman–Crippen LogP) is 2.47. The number of aliphatic hydroxyl groups is 1. The van der Waals surface area contributed by atoms with Gasteiger partial charge in [-0.3, -0.25) is 0 Å². The molecule has 1 N–H and O–H groups in total. The van der Waals surface area contributed by atoms with Gasteiger partial charge in [0.05, 0.1) is 6.10 Å². The van der Waals surface area contributed by atoms with Crippen molar-refractivity contribution in [2.24, 2.45) is 0 Å². The van der Waals surface area contributed by atoms with Gasteiger partial charge in [0.2, 0.25) is 0 Å². The van der Waals surface area contributed by atoms with Gasteiger partial charge in [0.1, 0.15) is 5.82 Å². The van der Waals surface area contributed by atoms with Crippen LogP contribution in [0.25, 0.3) is 0 Å². The molecule has 72 valence electrons. The molecule has 0 amide bonds. The highest BCUT2D eigenvalue weighted by atomic mass is 32.2. The second kappa shape index (κ2) is 4.63. The summed E-state index contributed by atoms with van der Waals surface area (Å²) in [7, 11) is 0. The van der Waals surface area contributed by atoms with Gasteiger partial charge >= 0.3 is 0 Å². The fourth-order valence-electron chi connectivity index (χ4n) is 1.18. The number of halogens is 1. The monoisotopic (exact) mass is 200 g/mol. The Hall–Kier alpha value is -0.540. The van der Waals surface area contributed by atoms with Crippen LogP contribution >= 0.6 is 11.8 Å². The van der Waals surface area contributed by atoms with Gasteiger partial charge in [-0.2, -0.15) is 0 Å². The topological polar surface area (TPSA) is 20.2 Å². The van der Waals surface area contributed by atoms with Crippen LogP contribution in [0.15, 0.2) is 23.1 Å². The molecule has 13 heavy (non-hydrogen) atoms. The van der Waals surface area contributed by atoms with Crippen molar-refractivity contribution in [2.75, 3.05) is 6.26 Å². The number of rotatable bonds is 3. The van der Waals surface area contributed by atoms with Crippen LogP contribution in [0.3, 0.4) is 0 Å². The molecule has 1 aromatic carbocycles. The fourth-order valence-corrected chi connectivity index (χ4v) is 1.64. The molecule has 3 heteroatoms. The summed E-state index contributed by atoms with van der Waals surface area (Å²) in [5.74, 6) is -0.203. The summed E-state index contributed by atoms with van der Waals surface area (Å²) in [5, 5.41) is 9.10. The van der Waals surface area contributed by atoms with Gasteiger partial charge in [-0.15, -0.1) is 11.8 Å². The van der Waals surface area contributed by atoms with E-state index in [9.17, 15) is 4.39 Å². The molecule has 0 aromatic heterocycles. The van der Waals surface area contributed by atoms with Gasteiger partial charge in [-0.25, -0.2) is 4.39 Å². The molecule has 0 fully saturated rings. The highest BCUT2D eigenvalue weighted by molar-refractivity contribution is 7.98. The van der Waals surface area contributed by atoms with E-state index in [2.05, 4.69) is 0 Å².